The number of aliphatic hydroxyl groups excluding tert-OH is 1. The van der Waals surface area contributed by atoms with E-state index < -0.39 is 6.10 Å². The molecule has 16 heavy (non-hydrogen) atoms. The van der Waals surface area contributed by atoms with Crippen molar-refractivity contribution in [1.82, 2.24) is 0 Å². The van der Waals surface area contributed by atoms with E-state index >= 15 is 0 Å². The Bertz CT molecular complexity index is 356. The Kier molecular flexibility index (Phi) is 3.59. The molecule has 0 aliphatic carbocycles. The number of benzene rings is 1. The van der Waals surface area contributed by atoms with E-state index in [1.165, 1.54) is 5.56 Å². The van der Waals surface area contributed by atoms with Crippen molar-refractivity contribution < 1.29 is 14.6 Å². The van der Waals surface area contributed by atoms with Crippen LogP contribution in [0.1, 0.15) is 29.2 Å². The lowest BCUT2D eigenvalue weighted by Gasteiger charge is -2.17. The molecule has 1 aromatic carbocycles. The predicted molar refractivity (Wildman–Crippen MR) is 61.2 cm³/mol. The highest BCUT2D eigenvalue weighted by atomic mass is 16.7. The molecule has 0 radical (unpaired) electrons. The van der Waals surface area contributed by atoms with Crippen molar-refractivity contribution in [2.75, 3.05) is 13.2 Å². The molecule has 2 rings (SSSR count). The number of hydrogen-bond acceptors (Lipinski definition) is 3. The molecule has 3 nitrogen and oxygen atoms in total. The van der Waals surface area contributed by atoms with Crippen LogP contribution in [0.2, 0.25) is 0 Å². The Hall–Kier alpha value is -0.900. The van der Waals surface area contributed by atoms with Gasteiger partial charge in [-0.2, -0.15) is 0 Å². The van der Waals surface area contributed by atoms with Crippen molar-refractivity contribution in [3.63, 3.8) is 0 Å². The zero-order chi connectivity index (χ0) is 11.5. The summed E-state index contributed by atoms with van der Waals surface area (Å²) in [5, 5.41) is 10.1. The number of aliphatic hydroxyl groups is 1. The van der Waals surface area contributed by atoms with Gasteiger partial charge in [0.1, 0.15) is 0 Å². The molecule has 1 aromatic rings. The second kappa shape index (κ2) is 4.95. The third kappa shape index (κ3) is 2.61. The van der Waals surface area contributed by atoms with E-state index in [-0.39, 0.29) is 6.29 Å². The number of ether oxygens (including phenoxy) is 2. The van der Waals surface area contributed by atoms with Crippen LogP contribution in [0.25, 0.3) is 0 Å². The molecule has 1 saturated heterocycles. The molecular weight excluding hydrogens is 204 g/mol. The fourth-order valence-electron chi connectivity index (χ4n) is 2.05. The summed E-state index contributed by atoms with van der Waals surface area (Å²) in [4.78, 5) is 0. The molecule has 0 aromatic heterocycles. The molecule has 0 spiro atoms. The van der Waals surface area contributed by atoms with Crippen LogP contribution in [-0.4, -0.2) is 24.6 Å². The number of rotatable bonds is 3. The van der Waals surface area contributed by atoms with Gasteiger partial charge in [0.2, 0.25) is 0 Å². The van der Waals surface area contributed by atoms with Crippen molar-refractivity contribution in [3.8, 4) is 0 Å². The van der Waals surface area contributed by atoms with Crippen LogP contribution in [0.4, 0.5) is 0 Å². The Morgan fingerprint density at radius 3 is 2.62 bits per heavy atom. The monoisotopic (exact) mass is 222 g/mol. The molecule has 1 aliphatic rings. The lowest BCUT2D eigenvalue weighted by Crippen LogP contribution is -2.13. The van der Waals surface area contributed by atoms with E-state index in [0.717, 1.165) is 11.1 Å². The van der Waals surface area contributed by atoms with Crippen molar-refractivity contribution in [3.05, 3.63) is 34.9 Å². The van der Waals surface area contributed by atoms with Crippen molar-refractivity contribution in [2.24, 2.45) is 0 Å². The summed E-state index contributed by atoms with van der Waals surface area (Å²) in [6, 6.07) is 6.07. The van der Waals surface area contributed by atoms with E-state index in [1.54, 1.807) is 0 Å². The van der Waals surface area contributed by atoms with E-state index in [4.69, 9.17) is 9.47 Å². The second-order valence-electron chi connectivity index (χ2n) is 4.28. The van der Waals surface area contributed by atoms with Crippen molar-refractivity contribution >= 4 is 0 Å². The Labute approximate surface area is 96.0 Å². The summed E-state index contributed by atoms with van der Waals surface area (Å²) in [7, 11) is 0. The quantitative estimate of drug-likeness (QED) is 0.851. The van der Waals surface area contributed by atoms with Gasteiger partial charge in [-0.15, -0.1) is 0 Å². The van der Waals surface area contributed by atoms with Crippen LogP contribution in [0, 0.1) is 13.8 Å². The van der Waals surface area contributed by atoms with Gasteiger partial charge in [-0.1, -0.05) is 23.8 Å². The van der Waals surface area contributed by atoms with Crippen LogP contribution in [0.3, 0.4) is 0 Å². The zero-order valence-electron chi connectivity index (χ0n) is 9.77. The molecular formula is C13H18O3. The smallest absolute Gasteiger partial charge is 0.160 e. The summed E-state index contributed by atoms with van der Waals surface area (Å²) < 4.78 is 10.7. The lowest BCUT2D eigenvalue weighted by molar-refractivity contribution is -0.0708. The minimum atomic E-state index is -0.510. The van der Waals surface area contributed by atoms with E-state index in [9.17, 15) is 5.11 Å². The van der Waals surface area contributed by atoms with E-state index in [1.807, 2.05) is 26.0 Å². The first-order chi connectivity index (χ1) is 7.66. The molecule has 1 heterocycles. The minimum absolute atomic E-state index is 0.254. The molecule has 1 N–H and O–H groups in total. The van der Waals surface area contributed by atoms with Crippen molar-refractivity contribution in [1.29, 1.82) is 0 Å². The van der Waals surface area contributed by atoms with Gasteiger partial charge in [-0.3, -0.25) is 0 Å². The first kappa shape index (κ1) is 11.6. The van der Waals surface area contributed by atoms with Gasteiger partial charge in [-0.25, -0.2) is 0 Å². The molecule has 88 valence electrons. The third-order valence-corrected chi connectivity index (χ3v) is 2.89. The molecule has 1 atom stereocenters. The molecule has 0 saturated carbocycles. The molecule has 0 amide bonds. The van der Waals surface area contributed by atoms with Crippen molar-refractivity contribution in [2.45, 2.75) is 32.7 Å². The normalized spacial score (nSPS) is 18.9. The fraction of sp³-hybridized carbons (Fsp3) is 0.538. The summed E-state index contributed by atoms with van der Waals surface area (Å²) in [5.41, 5.74) is 3.29. The van der Waals surface area contributed by atoms with Gasteiger partial charge in [0, 0.05) is 6.42 Å². The van der Waals surface area contributed by atoms with E-state index in [0.29, 0.717) is 19.6 Å². The maximum Gasteiger partial charge on any atom is 0.160 e. The lowest BCUT2D eigenvalue weighted by atomic mass is 9.99. The average Bonchev–Trinajstić information content (AvgIpc) is 2.70. The maximum atomic E-state index is 10.1. The summed E-state index contributed by atoms with van der Waals surface area (Å²) in [5.74, 6) is 0. The Balaban J connectivity index is 2.04. The predicted octanol–water partition coefficient (Wildman–Crippen LogP) is 2.10. The fourth-order valence-corrected chi connectivity index (χ4v) is 2.05. The molecule has 1 unspecified atom stereocenters. The number of aryl methyl sites for hydroxylation is 2. The van der Waals surface area contributed by atoms with Crippen LogP contribution in [0.5, 0.6) is 0 Å². The van der Waals surface area contributed by atoms with Gasteiger partial charge in [0.25, 0.3) is 0 Å². The molecule has 0 bridgehead atoms. The summed E-state index contributed by atoms with van der Waals surface area (Å²) >= 11 is 0. The van der Waals surface area contributed by atoms with E-state index in [2.05, 4.69) is 6.07 Å². The highest BCUT2D eigenvalue weighted by Gasteiger charge is 2.21. The summed E-state index contributed by atoms with van der Waals surface area (Å²) in [6.07, 6.45) is -0.261. The molecule has 1 aliphatic heterocycles. The van der Waals surface area contributed by atoms with Gasteiger partial charge in [-0.05, 0) is 25.0 Å². The highest BCUT2D eigenvalue weighted by Crippen LogP contribution is 2.25. The maximum absolute atomic E-state index is 10.1. The Morgan fingerprint density at radius 2 is 2.00 bits per heavy atom. The SMILES string of the molecule is Cc1ccc(C(O)CC2OCCO2)c(C)c1. The largest absolute Gasteiger partial charge is 0.388 e. The summed E-state index contributed by atoms with van der Waals surface area (Å²) in [6.45, 7) is 5.32. The van der Waals surface area contributed by atoms with Gasteiger partial charge in [0.15, 0.2) is 6.29 Å². The first-order valence-electron chi connectivity index (χ1n) is 5.65. The zero-order valence-corrected chi connectivity index (χ0v) is 9.77. The number of hydrogen-bond donors (Lipinski definition) is 1. The minimum Gasteiger partial charge on any atom is -0.388 e. The van der Waals surface area contributed by atoms with Gasteiger partial charge in [0.05, 0.1) is 19.3 Å². The standard InChI is InChI=1S/C13H18O3/c1-9-3-4-11(10(2)7-9)12(14)8-13-15-5-6-16-13/h3-4,7,12-14H,5-6,8H2,1-2H3. The first-order valence-corrected chi connectivity index (χ1v) is 5.65. The van der Waals surface area contributed by atoms with Gasteiger partial charge < -0.3 is 14.6 Å². The van der Waals surface area contributed by atoms with Gasteiger partial charge >= 0.3 is 0 Å². The van der Waals surface area contributed by atoms with Crippen LogP contribution in [0.15, 0.2) is 18.2 Å². The second-order valence-corrected chi connectivity index (χ2v) is 4.28. The van der Waals surface area contributed by atoms with Crippen LogP contribution in [-0.2, 0) is 9.47 Å². The Morgan fingerprint density at radius 1 is 1.31 bits per heavy atom. The average molecular weight is 222 g/mol. The highest BCUT2D eigenvalue weighted by molar-refractivity contribution is 5.31. The van der Waals surface area contributed by atoms with Crippen LogP contribution < -0.4 is 0 Å². The third-order valence-electron chi connectivity index (χ3n) is 2.89. The molecule has 1 fully saturated rings. The molecule has 3 heteroatoms. The van der Waals surface area contributed by atoms with Crippen LogP contribution >= 0.6 is 0 Å². The topological polar surface area (TPSA) is 38.7 Å².